The Balaban J connectivity index is 0.00000243. The smallest absolute Gasteiger partial charge is 0.224 e. The van der Waals surface area contributed by atoms with Crippen molar-refractivity contribution in [2.45, 2.75) is 19.3 Å². The van der Waals surface area contributed by atoms with Crippen molar-refractivity contribution in [1.82, 2.24) is 9.97 Å². The molecule has 0 radical (unpaired) electrons. The SMILES string of the molecule is Cl.NCCOc1ccc(NC(=O)CCCc2nc3ccccc3[nH]2)cc1. The molecule has 138 valence electrons. The fraction of sp³-hybridized carbons (Fsp3) is 0.263. The molecule has 4 N–H and O–H groups in total. The number of hydrogen-bond acceptors (Lipinski definition) is 4. The van der Waals surface area contributed by atoms with Crippen LogP contribution in [-0.4, -0.2) is 29.0 Å². The summed E-state index contributed by atoms with van der Waals surface area (Å²) in [5.41, 5.74) is 8.14. The van der Waals surface area contributed by atoms with Gasteiger partial charge in [-0.3, -0.25) is 4.79 Å². The maximum absolute atomic E-state index is 12.0. The predicted molar refractivity (Wildman–Crippen MR) is 106 cm³/mol. The molecule has 3 rings (SSSR count). The number of hydrogen-bond donors (Lipinski definition) is 3. The fourth-order valence-corrected chi connectivity index (χ4v) is 2.58. The zero-order chi connectivity index (χ0) is 17.5. The summed E-state index contributed by atoms with van der Waals surface area (Å²) in [6.07, 6.45) is 1.93. The lowest BCUT2D eigenvalue weighted by molar-refractivity contribution is -0.116. The maximum Gasteiger partial charge on any atom is 0.224 e. The number of nitrogens with two attached hydrogens (primary N) is 1. The lowest BCUT2D eigenvalue weighted by Crippen LogP contribution is -2.12. The van der Waals surface area contributed by atoms with Crippen LogP contribution in [0.5, 0.6) is 5.75 Å². The van der Waals surface area contributed by atoms with Gasteiger partial charge in [0, 0.05) is 25.1 Å². The standard InChI is InChI=1S/C19H22N4O2.ClH/c20-12-13-25-15-10-8-14(9-11-15)21-19(24)7-3-6-18-22-16-4-1-2-5-17(16)23-18;/h1-2,4-5,8-11H,3,6-7,12-13,20H2,(H,21,24)(H,22,23);1H. The first-order valence-electron chi connectivity index (χ1n) is 8.41. The molecule has 3 aromatic rings. The van der Waals surface area contributed by atoms with Gasteiger partial charge in [-0.2, -0.15) is 0 Å². The first-order chi connectivity index (χ1) is 12.2. The summed E-state index contributed by atoms with van der Waals surface area (Å²) in [5, 5.41) is 2.89. The van der Waals surface area contributed by atoms with Crippen LogP contribution in [-0.2, 0) is 11.2 Å². The molecule has 7 heteroatoms. The number of aryl methyl sites for hydroxylation is 1. The van der Waals surface area contributed by atoms with Crippen molar-refractivity contribution >= 4 is 35.0 Å². The van der Waals surface area contributed by atoms with E-state index in [9.17, 15) is 4.79 Å². The minimum atomic E-state index is -0.00765. The average molecular weight is 375 g/mol. The van der Waals surface area contributed by atoms with Gasteiger partial charge in [0.25, 0.3) is 0 Å². The van der Waals surface area contributed by atoms with Crippen LogP contribution >= 0.6 is 12.4 Å². The number of nitrogens with one attached hydrogen (secondary N) is 2. The first-order valence-corrected chi connectivity index (χ1v) is 8.41. The fourth-order valence-electron chi connectivity index (χ4n) is 2.58. The van der Waals surface area contributed by atoms with Crippen LogP contribution in [0.25, 0.3) is 11.0 Å². The van der Waals surface area contributed by atoms with Gasteiger partial charge in [0.05, 0.1) is 11.0 Å². The van der Waals surface area contributed by atoms with Crippen molar-refractivity contribution in [2.24, 2.45) is 5.73 Å². The molecule has 1 aromatic heterocycles. The number of aromatic nitrogens is 2. The second-order valence-electron chi connectivity index (χ2n) is 5.76. The van der Waals surface area contributed by atoms with Crippen LogP contribution < -0.4 is 15.8 Å². The molecule has 6 nitrogen and oxygen atoms in total. The number of fused-ring (bicyclic) bond motifs is 1. The summed E-state index contributed by atoms with van der Waals surface area (Å²) in [7, 11) is 0. The van der Waals surface area contributed by atoms with Crippen molar-refractivity contribution in [3.63, 3.8) is 0 Å². The molecule has 0 fully saturated rings. The summed E-state index contributed by atoms with van der Waals surface area (Å²) in [4.78, 5) is 19.8. The second-order valence-corrected chi connectivity index (χ2v) is 5.76. The molecule has 0 atom stereocenters. The van der Waals surface area contributed by atoms with Gasteiger partial charge in [-0.05, 0) is 42.8 Å². The number of imidazole rings is 1. The molecule has 26 heavy (non-hydrogen) atoms. The van der Waals surface area contributed by atoms with Crippen LogP contribution in [0.15, 0.2) is 48.5 Å². The maximum atomic E-state index is 12.0. The van der Waals surface area contributed by atoms with Crippen molar-refractivity contribution < 1.29 is 9.53 Å². The number of nitrogens with zero attached hydrogens (tertiary/aromatic N) is 1. The number of anilines is 1. The van der Waals surface area contributed by atoms with Crippen LogP contribution in [0.1, 0.15) is 18.7 Å². The van der Waals surface area contributed by atoms with E-state index >= 15 is 0 Å². The normalized spacial score (nSPS) is 10.3. The van der Waals surface area contributed by atoms with Gasteiger partial charge >= 0.3 is 0 Å². The molecule has 1 heterocycles. The number of carbonyl (C=O) groups excluding carboxylic acids is 1. The van der Waals surface area contributed by atoms with Crippen molar-refractivity contribution in [1.29, 1.82) is 0 Å². The van der Waals surface area contributed by atoms with Gasteiger partial charge in [0.1, 0.15) is 18.2 Å². The second kappa shape index (κ2) is 9.79. The lowest BCUT2D eigenvalue weighted by atomic mass is 10.2. The number of para-hydroxylation sites is 2. The highest BCUT2D eigenvalue weighted by Crippen LogP contribution is 2.16. The quantitative estimate of drug-likeness (QED) is 0.564. The summed E-state index contributed by atoms with van der Waals surface area (Å²) >= 11 is 0. The van der Waals surface area contributed by atoms with Crippen molar-refractivity contribution in [2.75, 3.05) is 18.5 Å². The zero-order valence-corrected chi connectivity index (χ0v) is 15.2. The van der Waals surface area contributed by atoms with E-state index in [1.54, 1.807) is 0 Å². The molecule has 0 saturated carbocycles. The zero-order valence-electron chi connectivity index (χ0n) is 14.4. The Bertz CT molecular complexity index is 800. The number of benzene rings is 2. The molecule has 0 spiro atoms. The van der Waals surface area contributed by atoms with E-state index in [4.69, 9.17) is 10.5 Å². The number of ether oxygens (including phenoxy) is 1. The molecule has 2 aromatic carbocycles. The predicted octanol–water partition coefficient (Wildman–Crippen LogP) is 3.28. The van der Waals surface area contributed by atoms with Gasteiger partial charge in [0.15, 0.2) is 0 Å². The highest BCUT2D eigenvalue weighted by atomic mass is 35.5. The Hall–Kier alpha value is -2.57. The molecule has 0 bridgehead atoms. The molecular formula is C19H23ClN4O2. The summed E-state index contributed by atoms with van der Waals surface area (Å²) < 4.78 is 5.41. The topological polar surface area (TPSA) is 93.0 Å². The highest BCUT2D eigenvalue weighted by molar-refractivity contribution is 5.90. The Labute approximate surface area is 158 Å². The van der Waals surface area contributed by atoms with Crippen LogP contribution in [0.3, 0.4) is 0 Å². The number of rotatable bonds is 8. The van der Waals surface area contributed by atoms with Crippen LogP contribution in [0, 0.1) is 0 Å². The number of halogens is 1. The van der Waals surface area contributed by atoms with Gasteiger partial charge in [-0.1, -0.05) is 12.1 Å². The molecule has 1 amide bonds. The Morgan fingerprint density at radius 1 is 1.15 bits per heavy atom. The third-order valence-electron chi connectivity index (χ3n) is 3.78. The van der Waals surface area contributed by atoms with E-state index < -0.39 is 0 Å². The molecule has 0 aliphatic heterocycles. The monoisotopic (exact) mass is 374 g/mol. The van der Waals surface area contributed by atoms with E-state index in [0.29, 0.717) is 19.6 Å². The Kier molecular flexibility index (Phi) is 7.44. The van der Waals surface area contributed by atoms with Crippen LogP contribution in [0.4, 0.5) is 5.69 Å². The summed E-state index contributed by atoms with van der Waals surface area (Å²) in [6.45, 7) is 0.956. The van der Waals surface area contributed by atoms with Gasteiger partial charge in [-0.25, -0.2) is 4.98 Å². The third kappa shape index (κ3) is 5.47. The van der Waals surface area contributed by atoms with Crippen LogP contribution in [0.2, 0.25) is 0 Å². The Morgan fingerprint density at radius 3 is 2.65 bits per heavy atom. The lowest BCUT2D eigenvalue weighted by Gasteiger charge is -2.07. The van der Waals surface area contributed by atoms with E-state index in [2.05, 4.69) is 15.3 Å². The third-order valence-corrected chi connectivity index (χ3v) is 3.78. The van der Waals surface area contributed by atoms with Crippen molar-refractivity contribution in [3.8, 4) is 5.75 Å². The number of amides is 1. The number of carbonyl (C=O) groups is 1. The molecule has 0 aliphatic carbocycles. The minimum absolute atomic E-state index is 0. The average Bonchev–Trinajstić information content (AvgIpc) is 3.04. The Morgan fingerprint density at radius 2 is 1.92 bits per heavy atom. The summed E-state index contributed by atoms with van der Waals surface area (Å²) in [5.74, 6) is 1.65. The molecule has 0 saturated heterocycles. The van der Waals surface area contributed by atoms with E-state index in [0.717, 1.165) is 41.1 Å². The van der Waals surface area contributed by atoms with Crippen molar-refractivity contribution in [3.05, 3.63) is 54.4 Å². The number of aromatic amines is 1. The van der Waals surface area contributed by atoms with Gasteiger partial charge < -0.3 is 20.8 Å². The minimum Gasteiger partial charge on any atom is -0.492 e. The van der Waals surface area contributed by atoms with E-state index in [1.165, 1.54) is 0 Å². The molecular weight excluding hydrogens is 352 g/mol. The number of H-pyrrole nitrogens is 1. The highest BCUT2D eigenvalue weighted by Gasteiger charge is 2.06. The molecule has 0 unspecified atom stereocenters. The van der Waals surface area contributed by atoms with E-state index in [1.807, 2.05) is 48.5 Å². The van der Waals surface area contributed by atoms with Gasteiger partial charge in [0.2, 0.25) is 5.91 Å². The van der Waals surface area contributed by atoms with E-state index in [-0.39, 0.29) is 18.3 Å². The largest absolute Gasteiger partial charge is 0.492 e. The molecule has 0 aliphatic rings. The van der Waals surface area contributed by atoms with Gasteiger partial charge in [-0.15, -0.1) is 12.4 Å². The first kappa shape index (κ1) is 19.8. The summed E-state index contributed by atoms with van der Waals surface area (Å²) in [6, 6.07) is 15.2.